The Hall–Kier alpha value is -0.870. The molecule has 3 N–H and O–H groups in total. The Kier molecular flexibility index (Phi) is 5.65. The second kappa shape index (κ2) is 6.77. The number of nitrogens with one attached hydrogen (secondary N) is 1. The van der Waals surface area contributed by atoms with Gasteiger partial charge in [-0.3, -0.25) is 4.79 Å². The van der Waals surface area contributed by atoms with Crippen LogP contribution in [0.25, 0.3) is 0 Å². The molecule has 3 nitrogen and oxygen atoms in total. The molecule has 0 aliphatic rings. The van der Waals surface area contributed by atoms with Crippen LogP contribution in [0.15, 0.2) is 12.1 Å². The van der Waals surface area contributed by atoms with Crippen molar-refractivity contribution in [2.24, 2.45) is 11.7 Å². The summed E-state index contributed by atoms with van der Waals surface area (Å²) in [6.07, 6.45) is 1.40. The number of carbonyl (C=O) groups excluding carboxylic acids is 1. The molecule has 1 amide bonds. The van der Waals surface area contributed by atoms with Gasteiger partial charge in [-0.25, -0.2) is 0 Å². The van der Waals surface area contributed by atoms with E-state index < -0.39 is 0 Å². The molecule has 0 radical (unpaired) electrons. The topological polar surface area (TPSA) is 55.1 Å². The lowest BCUT2D eigenvalue weighted by molar-refractivity contribution is -0.121. The summed E-state index contributed by atoms with van der Waals surface area (Å²) in [5.74, 6) is 0.621. The lowest BCUT2D eigenvalue weighted by Crippen LogP contribution is -2.41. The van der Waals surface area contributed by atoms with Gasteiger partial charge in [0.1, 0.15) is 0 Å². The lowest BCUT2D eigenvalue weighted by atomic mass is 10.0. The summed E-state index contributed by atoms with van der Waals surface area (Å²) in [4.78, 5) is 14.2. The van der Waals surface area contributed by atoms with Crippen LogP contribution in [0.3, 0.4) is 0 Å². The van der Waals surface area contributed by atoms with E-state index in [2.05, 4.69) is 19.2 Å². The highest BCUT2D eigenvalue weighted by atomic mass is 32.1. The molecule has 0 spiro atoms. The number of amides is 1. The molecule has 1 aromatic heterocycles. The number of thiophene rings is 1. The summed E-state index contributed by atoms with van der Waals surface area (Å²) in [5, 5.41) is 3.00. The summed E-state index contributed by atoms with van der Waals surface area (Å²) in [6.45, 7) is 6.83. The SMILES string of the molecule is Cc1ccc(CC(=O)NC(CN)CC(C)C)s1. The van der Waals surface area contributed by atoms with Crippen LogP contribution >= 0.6 is 11.3 Å². The zero-order valence-electron chi connectivity index (χ0n) is 10.8. The second-order valence-corrected chi connectivity index (χ2v) is 6.19. The van der Waals surface area contributed by atoms with E-state index in [9.17, 15) is 4.79 Å². The molecule has 1 rings (SSSR count). The minimum Gasteiger partial charge on any atom is -0.352 e. The fourth-order valence-corrected chi connectivity index (χ4v) is 2.69. The van der Waals surface area contributed by atoms with Crippen LogP contribution in [-0.4, -0.2) is 18.5 Å². The van der Waals surface area contributed by atoms with E-state index in [1.807, 2.05) is 19.1 Å². The number of hydrogen-bond acceptors (Lipinski definition) is 3. The van der Waals surface area contributed by atoms with E-state index in [-0.39, 0.29) is 11.9 Å². The van der Waals surface area contributed by atoms with Crippen LogP contribution in [0, 0.1) is 12.8 Å². The first-order valence-electron chi connectivity index (χ1n) is 6.06. The Labute approximate surface area is 107 Å². The molecular formula is C13H22N2OS. The lowest BCUT2D eigenvalue weighted by Gasteiger charge is -2.18. The molecular weight excluding hydrogens is 232 g/mol. The molecule has 0 saturated carbocycles. The van der Waals surface area contributed by atoms with E-state index in [0.717, 1.165) is 11.3 Å². The monoisotopic (exact) mass is 254 g/mol. The highest BCUT2D eigenvalue weighted by Crippen LogP contribution is 2.15. The molecule has 0 aromatic carbocycles. The van der Waals surface area contributed by atoms with Crippen molar-refractivity contribution in [3.63, 3.8) is 0 Å². The van der Waals surface area contributed by atoms with Gasteiger partial charge in [0.05, 0.1) is 6.42 Å². The van der Waals surface area contributed by atoms with E-state index in [0.29, 0.717) is 18.9 Å². The van der Waals surface area contributed by atoms with Crippen LogP contribution < -0.4 is 11.1 Å². The third-order valence-electron chi connectivity index (χ3n) is 2.54. The minimum absolute atomic E-state index is 0.0722. The fraction of sp³-hybridized carbons (Fsp3) is 0.615. The normalized spacial score (nSPS) is 12.8. The van der Waals surface area contributed by atoms with Crippen LogP contribution in [-0.2, 0) is 11.2 Å². The van der Waals surface area contributed by atoms with E-state index >= 15 is 0 Å². The number of carbonyl (C=O) groups is 1. The molecule has 1 atom stereocenters. The predicted octanol–water partition coefficient (Wildman–Crippen LogP) is 2.09. The van der Waals surface area contributed by atoms with Gasteiger partial charge in [0.2, 0.25) is 5.91 Å². The first-order chi connectivity index (χ1) is 8.01. The van der Waals surface area contributed by atoms with Gasteiger partial charge in [-0.05, 0) is 31.4 Å². The molecule has 0 aliphatic carbocycles. The number of hydrogen-bond donors (Lipinski definition) is 2. The van der Waals surface area contributed by atoms with Crippen LogP contribution in [0.2, 0.25) is 0 Å². The van der Waals surface area contributed by atoms with Gasteiger partial charge in [-0.1, -0.05) is 13.8 Å². The Morgan fingerprint density at radius 1 is 1.47 bits per heavy atom. The van der Waals surface area contributed by atoms with Crippen molar-refractivity contribution in [3.8, 4) is 0 Å². The van der Waals surface area contributed by atoms with Gasteiger partial charge < -0.3 is 11.1 Å². The van der Waals surface area contributed by atoms with Crippen molar-refractivity contribution in [2.75, 3.05) is 6.54 Å². The van der Waals surface area contributed by atoms with E-state index in [1.54, 1.807) is 11.3 Å². The summed E-state index contributed by atoms with van der Waals surface area (Å²) in [5.41, 5.74) is 5.65. The molecule has 4 heteroatoms. The van der Waals surface area contributed by atoms with Crippen molar-refractivity contribution in [3.05, 3.63) is 21.9 Å². The average Bonchev–Trinajstić information content (AvgIpc) is 2.62. The van der Waals surface area contributed by atoms with Crippen LogP contribution in [0.5, 0.6) is 0 Å². The van der Waals surface area contributed by atoms with E-state index in [1.165, 1.54) is 4.88 Å². The smallest absolute Gasteiger partial charge is 0.225 e. The Balaban J connectivity index is 2.42. The maximum atomic E-state index is 11.8. The highest BCUT2D eigenvalue weighted by Gasteiger charge is 2.13. The Morgan fingerprint density at radius 2 is 2.18 bits per heavy atom. The molecule has 17 heavy (non-hydrogen) atoms. The van der Waals surface area contributed by atoms with Gasteiger partial charge in [0.25, 0.3) is 0 Å². The van der Waals surface area contributed by atoms with Gasteiger partial charge >= 0.3 is 0 Å². The summed E-state index contributed by atoms with van der Waals surface area (Å²) < 4.78 is 0. The van der Waals surface area contributed by atoms with E-state index in [4.69, 9.17) is 5.73 Å². The van der Waals surface area contributed by atoms with Gasteiger partial charge in [0, 0.05) is 22.3 Å². The van der Waals surface area contributed by atoms with Crippen molar-refractivity contribution >= 4 is 17.2 Å². The van der Waals surface area contributed by atoms with Gasteiger partial charge in [0.15, 0.2) is 0 Å². The Morgan fingerprint density at radius 3 is 2.65 bits per heavy atom. The zero-order chi connectivity index (χ0) is 12.8. The molecule has 0 saturated heterocycles. The van der Waals surface area contributed by atoms with Crippen molar-refractivity contribution < 1.29 is 4.79 Å². The predicted molar refractivity (Wildman–Crippen MR) is 73.2 cm³/mol. The van der Waals surface area contributed by atoms with Crippen molar-refractivity contribution in [2.45, 2.75) is 39.7 Å². The number of aryl methyl sites for hydroxylation is 1. The molecule has 0 fully saturated rings. The maximum absolute atomic E-state index is 11.8. The summed E-state index contributed by atoms with van der Waals surface area (Å²) >= 11 is 1.67. The molecule has 0 aliphatic heterocycles. The largest absolute Gasteiger partial charge is 0.352 e. The molecule has 1 heterocycles. The standard InChI is InChI=1S/C13H22N2OS/c1-9(2)6-11(8-14)15-13(16)7-12-5-4-10(3)17-12/h4-5,9,11H,6-8,14H2,1-3H3,(H,15,16). The first-order valence-corrected chi connectivity index (χ1v) is 6.87. The molecule has 1 aromatic rings. The quantitative estimate of drug-likeness (QED) is 0.816. The molecule has 1 unspecified atom stereocenters. The van der Waals surface area contributed by atoms with Crippen molar-refractivity contribution in [1.82, 2.24) is 5.32 Å². The summed E-state index contributed by atoms with van der Waals surface area (Å²) in [7, 11) is 0. The van der Waals surface area contributed by atoms with Crippen molar-refractivity contribution in [1.29, 1.82) is 0 Å². The zero-order valence-corrected chi connectivity index (χ0v) is 11.6. The number of rotatable bonds is 6. The highest BCUT2D eigenvalue weighted by molar-refractivity contribution is 7.12. The average molecular weight is 254 g/mol. The second-order valence-electron chi connectivity index (χ2n) is 4.82. The van der Waals surface area contributed by atoms with Gasteiger partial charge in [-0.15, -0.1) is 11.3 Å². The third kappa shape index (κ3) is 5.33. The molecule has 96 valence electrons. The number of nitrogens with two attached hydrogens (primary N) is 1. The fourth-order valence-electron chi connectivity index (χ4n) is 1.80. The van der Waals surface area contributed by atoms with Crippen LogP contribution in [0.4, 0.5) is 0 Å². The minimum atomic E-state index is 0.0722. The third-order valence-corrected chi connectivity index (χ3v) is 3.54. The first kappa shape index (κ1) is 14.2. The summed E-state index contributed by atoms with van der Waals surface area (Å²) in [6, 6.07) is 4.16. The maximum Gasteiger partial charge on any atom is 0.225 e. The molecule has 0 bridgehead atoms. The van der Waals surface area contributed by atoms with Gasteiger partial charge in [-0.2, -0.15) is 0 Å². The van der Waals surface area contributed by atoms with Crippen LogP contribution in [0.1, 0.15) is 30.0 Å². The Bertz CT molecular complexity index is 360.